The van der Waals surface area contributed by atoms with Gasteiger partial charge in [0.2, 0.25) is 5.75 Å². The van der Waals surface area contributed by atoms with Gasteiger partial charge in [0.05, 0.1) is 23.6 Å². The van der Waals surface area contributed by atoms with E-state index >= 15 is 0 Å². The van der Waals surface area contributed by atoms with E-state index in [4.69, 9.17) is 13.6 Å². The first-order chi connectivity index (χ1) is 16.9. The van der Waals surface area contributed by atoms with Gasteiger partial charge in [-0.15, -0.1) is 0 Å². The van der Waals surface area contributed by atoms with E-state index < -0.39 is 28.8 Å². The van der Waals surface area contributed by atoms with Crippen LogP contribution >= 0.6 is 0 Å². The number of para-hydroxylation sites is 1. The standard InChI is InChI=1S/C27H16O8/c28-17-11-19(13-6-2-1-3-7-13)34-26-21-15(10-20(29)35-27(21)25(32)24(31)22(17)26)16-12-33-18-9-5-4-8-14(18)23(16)30/h1-9,11-12,15,31-32H,10H2/t15-/m1/s1. The second-order valence-electron chi connectivity index (χ2n) is 8.23. The molecule has 0 spiro atoms. The molecule has 2 N–H and O–H groups in total. The highest BCUT2D eigenvalue weighted by atomic mass is 16.5. The van der Waals surface area contributed by atoms with E-state index in [1.807, 2.05) is 6.07 Å². The molecule has 1 aliphatic heterocycles. The summed E-state index contributed by atoms with van der Waals surface area (Å²) in [5, 5.41) is 21.3. The van der Waals surface area contributed by atoms with Crippen LogP contribution in [0.3, 0.4) is 0 Å². The van der Waals surface area contributed by atoms with Gasteiger partial charge < -0.3 is 23.8 Å². The SMILES string of the molecule is O=C1C[C@H](c2coc3ccccc3c2=O)c2c(c(O)c(O)c3c(=O)cc(-c4ccccc4)oc23)O1. The summed E-state index contributed by atoms with van der Waals surface area (Å²) in [6.45, 7) is 0. The smallest absolute Gasteiger partial charge is 0.312 e. The number of carbonyl (C=O) groups is 1. The van der Waals surface area contributed by atoms with E-state index in [-0.39, 0.29) is 45.5 Å². The minimum atomic E-state index is -0.963. The third-order valence-electron chi connectivity index (χ3n) is 6.19. The number of ether oxygens (including phenoxy) is 1. The Morgan fingerprint density at radius 3 is 2.43 bits per heavy atom. The molecule has 0 amide bonds. The Kier molecular flexibility index (Phi) is 4.50. The van der Waals surface area contributed by atoms with Crippen LogP contribution in [0.1, 0.15) is 23.5 Å². The van der Waals surface area contributed by atoms with Crippen LogP contribution in [0.25, 0.3) is 33.3 Å². The number of phenolic OH excluding ortho intramolecular Hbond substituents is 2. The van der Waals surface area contributed by atoms with E-state index in [1.54, 1.807) is 48.5 Å². The van der Waals surface area contributed by atoms with Crippen molar-refractivity contribution in [2.45, 2.75) is 12.3 Å². The summed E-state index contributed by atoms with van der Waals surface area (Å²) in [7, 11) is 0. The van der Waals surface area contributed by atoms with Gasteiger partial charge in [-0.25, -0.2) is 0 Å². The van der Waals surface area contributed by atoms with Crippen molar-refractivity contribution in [1.29, 1.82) is 0 Å². The fourth-order valence-electron chi connectivity index (χ4n) is 4.55. The van der Waals surface area contributed by atoms with E-state index in [0.29, 0.717) is 16.5 Å². The highest BCUT2D eigenvalue weighted by Crippen LogP contribution is 2.51. The largest absolute Gasteiger partial charge is 0.504 e. The third-order valence-corrected chi connectivity index (χ3v) is 6.19. The average Bonchev–Trinajstić information content (AvgIpc) is 2.87. The predicted octanol–water partition coefficient (Wildman–Crippen LogP) is 4.42. The van der Waals surface area contributed by atoms with Crippen LogP contribution in [0.15, 0.2) is 85.4 Å². The van der Waals surface area contributed by atoms with Crippen LogP contribution in [0, 0.1) is 0 Å². The van der Waals surface area contributed by atoms with Crippen LogP contribution in [0.5, 0.6) is 17.2 Å². The normalized spacial score (nSPS) is 15.2. The molecule has 8 heteroatoms. The quantitative estimate of drug-likeness (QED) is 0.221. The molecular weight excluding hydrogens is 452 g/mol. The Hall–Kier alpha value is -4.85. The molecule has 0 saturated heterocycles. The lowest BCUT2D eigenvalue weighted by Crippen LogP contribution is -2.25. The summed E-state index contributed by atoms with van der Waals surface area (Å²) in [4.78, 5) is 38.9. The number of benzene rings is 3. The van der Waals surface area contributed by atoms with Gasteiger partial charge in [-0.05, 0) is 12.1 Å². The van der Waals surface area contributed by atoms with E-state index in [1.165, 1.54) is 12.3 Å². The number of esters is 1. The molecule has 2 aromatic heterocycles. The lowest BCUT2D eigenvalue weighted by atomic mass is 9.85. The minimum absolute atomic E-state index is 0.0910. The zero-order chi connectivity index (χ0) is 24.3. The molecule has 35 heavy (non-hydrogen) atoms. The summed E-state index contributed by atoms with van der Waals surface area (Å²) in [6, 6.07) is 16.7. The molecule has 0 aliphatic carbocycles. The maximum absolute atomic E-state index is 13.4. The molecule has 1 atom stereocenters. The number of hydrogen-bond acceptors (Lipinski definition) is 8. The fraction of sp³-hybridized carbons (Fsp3) is 0.0741. The summed E-state index contributed by atoms with van der Waals surface area (Å²) in [6.07, 6.45) is 0.987. The van der Waals surface area contributed by atoms with Crippen molar-refractivity contribution in [3.63, 3.8) is 0 Å². The topological polar surface area (TPSA) is 127 Å². The lowest BCUT2D eigenvalue weighted by molar-refractivity contribution is -0.135. The Labute approximate surface area is 196 Å². The number of fused-ring (bicyclic) bond motifs is 4. The van der Waals surface area contributed by atoms with Gasteiger partial charge >= 0.3 is 5.97 Å². The van der Waals surface area contributed by atoms with Crippen molar-refractivity contribution in [3.8, 4) is 28.6 Å². The maximum atomic E-state index is 13.4. The second kappa shape index (κ2) is 7.59. The molecule has 0 saturated carbocycles. The Morgan fingerprint density at radius 1 is 0.886 bits per heavy atom. The number of phenols is 2. The van der Waals surface area contributed by atoms with Crippen molar-refractivity contribution in [2.75, 3.05) is 0 Å². The molecule has 0 fully saturated rings. The predicted molar refractivity (Wildman–Crippen MR) is 126 cm³/mol. The molecule has 3 heterocycles. The molecule has 8 nitrogen and oxygen atoms in total. The zero-order valence-electron chi connectivity index (χ0n) is 18.0. The van der Waals surface area contributed by atoms with Crippen molar-refractivity contribution in [3.05, 3.63) is 98.5 Å². The maximum Gasteiger partial charge on any atom is 0.312 e. The molecule has 0 radical (unpaired) electrons. The van der Waals surface area contributed by atoms with Gasteiger partial charge in [0.25, 0.3) is 0 Å². The van der Waals surface area contributed by atoms with Crippen LogP contribution in [-0.4, -0.2) is 16.2 Å². The van der Waals surface area contributed by atoms with Crippen molar-refractivity contribution in [2.24, 2.45) is 0 Å². The Bertz CT molecular complexity index is 1780. The van der Waals surface area contributed by atoms with Crippen LogP contribution in [0.2, 0.25) is 0 Å². The first-order valence-electron chi connectivity index (χ1n) is 10.8. The van der Waals surface area contributed by atoms with Gasteiger partial charge in [0.15, 0.2) is 22.4 Å². The fourth-order valence-corrected chi connectivity index (χ4v) is 4.55. The molecule has 0 unspecified atom stereocenters. The third kappa shape index (κ3) is 3.11. The monoisotopic (exact) mass is 468 g/mol. The van der Waals surface area contributed by atoms with Crippen LogP contribution in [0.4, 0.5) is 0 Å². The molecule has 1 aliphatic rings. The average molecular weight is 468 g/mol. The molecule has 3 aromatic carbocycles. The van der Waals surface area contributed by atoms with E-state index in [0.717, 1.165) is 0 Å². The molecule has 0 bridgehead atoms. The van der Waals surface area contributed by atoms with Crippen molar-refractivity contribution >= 4 is 27.9 Å². The Balaban J connectivity index is 1.71. The second-order valence-corrected chi connectivity index (χ2v) is 8.23. The van der Waals surface area contributed by atoms with Crippen LogP contribution < -0.4 is 15.6 Å². The van der Waals surface area contributed by atoms with Gasteiger partial charge in [-0.1, -0.05) is 42.5 Å². The molecule has 6 rings (SSSR count). The number of carbonyl (C=O) groups excluding carboxylic acids is 1. The van der Waals surface area contributed by atoms with Gasteiger partial charge in [-0.2, -0.15) is 0 Å². The minimum Gasteiger partial charge on any atom is -0.504 e. The van der Waals surface area contributed by atoms with Crippen LogP contribution in [-0.2, 0) is 4.79 Å². The number of rotatable bonds is 2. The number of aromatic hydroxyl groups is 2. The highest BCUT2D eigenvalue weighted by molar-refractivity contribution is 5.96. The number of hydrogen-bond donors (Lipinski definition) is 2. The molecular formula is C27H16O8. The summed E-state index contributed by atoms with van der Waals surface area (Å²) >= 11 is 0. The van der Waals surface area contributed by atoms with Crippen molar-refractivity contribution < 1.29 is 28.6 Å². The molecule has 172 valence electrons. The first-order valence-corrected chi connectivity index (χ1v) is 10.8. The van der Waals surface area contributed by atoms with Gasteiger partial charge in [0.1, 0.15) is 22.3 Å². The van der Waals surface area contributed by atoms with Gasteiger partial charge in [-0.3, -0.25) is 14.4 Å². The highest BCUT2D eigenvalue weighted by Gasteiger charge is 2.38. The molecule has 5 aromatic rings. The zero-order valence-corrected chi connectivity index (χ0v) is 18.0. The summed E-state index contributed by atoms with van der Waals surface area (Å²) in [5.74, 6) is -3.41. The Morgan fingerprint density at radius 2 is 1.63 bits per heavy atom. The van der Waals surface area contributed by atoms with E-state index in [2.05, 4.69) is 0 Å². The van der Waals surface area contributed by atoms with Gasteiger partial charge in [0, 0.05) is 23.1 Å². The van der Waals surface area contributed by atoms with E-state index in [9.17, 15) is 24.6 Å². The summed E-state index contributed by atoms with van der Waals surface area (Å²) < 4.78 is 17.0. The summed E-state index contributed by atoms with van der Waals surface area (Å²) in [5.41, 5.74) is 0.125. The first kappa shape index (κ1) is 20.7. The van der Waals surface area contributed by atoms with Crippen molar-refractivity contribution in [1.82, 2.24) is 0 Å². The lowest BCUT2D eigenvalue weighted by Gasteiger charge is -2.26.